The number of hydrogen-bond donors (Lipinski definition) is 8. The Bertz CT molecular complexity index is 1970. The van der Waals surface area contributed by atoms with Gasteiger partial charge in [0.2, 0.25) is 0 Å². The molecule has 14 heteroatoms. The molecule has 0 aliphatic heterocycles. The molecule has 5 unspecified atom stereocenters. The van der Waals surface area contributed by atoms with Crippen LogP contribution in [-0.2, 0) is 10.2 Å². The summed E-state index contributed by atoms with van der Waals surface area (Å²) in [5, 5.41) is 73.6. The Morgan fingerprint density at radius 1 is 0.889 bits per heavy atom. The number of aromatic amines is 1. The van der Waals surface area contributed by atoms with Gasteiger partial charge in [0.25, 0.3) is 5.56 Å². The molecule has 45 heavy (non-hydrogen) atoms. The Labute approximate surface area is 252 Å². The number of pyridine rings is 1. The number of aromatic hydroxyl groups is 3. The van der Waals surface area contributed by atoms with Crippen molar-refractivity contribution in [3.8, 4) is 17.2 Å². The van der Waals surface area contributed by atoms with E-state index < -0.39 is 116 Å². The highest BCUT2D eigenvalue weighted by atomic mass is 16.5. The summed E-state index contributed by atoms with van der Waals surface area (Å²) >= 11 is 0. The van der Waals surface area contributed by atoms with Crippen molar-refractivity contribution in [2.24, 2.45) is 0 Å². The Hall–Kier alpha value is -4.73. The normalized spacial score (nSPS) is 22.9. The number of nitrogens with one attached hydrogen (secondary N) is 1. The van der Waals surface area contributed by atoms with E-state index >= 15 is 0 Å². The molecule has 0 fully saturated rings. The fourth-order valence-electron chi connectivity index (χ4n) is 6.53. The molecule has 14 nitrogen and oxygen atoms in total. The number of benzene rings is 2. The molecule has 0 saturated heterocycles. The zero-order valence-electron chi connectivity index (χ0n) is 23.7. The molecule has 6 rings (SSSR count). The number of rotatable bonds is 6. The van der Waals surface area contributed by atoms with Crippen LogP contribution in [-0.4, -0.2) is 94.9 Å². The van der Waals surface area contributed by atoms with Crippen LogP contribution in [0.25, 0.3) is 16.8 Å². The number of allylic oxidation sites excluding steroid dienone is 1. The quantitative estimate of drug-likeness (QED) is 0.136. The number of fused-ring (bicyclic) bond motifs is 5. The highest BCUT2D eigenvalue weighted by Crippen LogP contribution is 2.56. The highest BCUT2D eigenvalue weighted by Gasteiger charge is 2.60. The van der Waals surface area contributed by atoms with Crippen molar-refractivity contribution in [2.75, 3.05) is 6.61 Å². The molecule has 6 atom stereocenters. The van der Waals surface area contributed by atoms with E-state index in [4.69, 9.17) is 4.74 Å². The van der Waals surface area contributed by atoms with Gasteiger partial charge < -0.3 is 45.5 Å². The third-order valence-electron chi connectivity index (χ3n) is 8.73. The number of aromatic nitrogens is 1. The van der Waals surface area contributed by atoms with Crippen LogP contribution in [0.4, 0.5) is 0 Å². The van der Waals surface area contributed by atoms with Gasteiger partial charge >= 0.3 is 0 Å². The van der Waals surface area contributed by atoms with Crippen molar-refractivity contribution >= 4 is 40.0 Å². The molecule has 0 radical (unpaired) electrons. The highest BCUT2D eigenvalue weighted by molar-refractivity contribution is 6.39. The predicted molar refractivity (Wildman–Crippen MR) is 153 cm³/mol. The Balaban J connectivity index is 1.52. The zero-order chi connectivity index (χ0) is 32.9. The van der Waals surface area contributed by atoms with Crippen molar-refractivity contribution in [1.29, 1.82) is 0 Å². The molecule has 8 N–H and O–H groups in total. The molecular weight excluding hydrogens is 594 g/mol. The first-order chi connectivity index (χ1) is 21.2. The van der Waals surface area contributed by atoms with Crippen LogP contribution in [0.15, 0.2) is 23.0 Å². The minimum absolute atomic E-state index is 0.000728. The second-order valence-corrected chi connectivity index (χ2v) is 11.3. The summed E-state index contributed by atoms with van der Waals surface area (Å²) in [6.07, 6.45) is -6.34. The first-order valence-electron chi connectivity index (χ1n) is 13.9. The van der Waals surface area contributed by atoms with Gasteiger partial charge in [0.1, 0.15) is 47.1 Å². The molecule has 1 aromatic heterocycles. The fourth-order valence-corrected chi connectivity index (χ4v) is 6.53. The molecule has 3 aliphatic carbocycles. The number of Topliss-reactive ketones (excluding diaryl/α,β-unsaturated/α-hetero) is 4. The Morgan fingerprint density at radius 3 is 2.11 bits per heavy atom. The van der Waals surface area contributed by atoms with E-state index in [-0.39, 0.29) is 28.8 Å². The molecule has 0 bridgehead atoms. The van der Waals surface area contributed by atoms with E-state index in [0.717, 1.165) is 6.08 Å². The molecule has 234 valence electrons. The number of ether oxygens (including phenoxy) is 1. The Morgan fingerprint density at radius 2 is 1.51 bits per heavy atom. The van der Waals surface area contributed by atoms with Crippen LogP contribution in [0.3, 0.4) is 0 Å². The summed E-state index contributed by atoms with van der Waals surface area (Å²) in [6.45, 7) is 2.81. The summed E-state index contributed by atoms with van der Waals surface area (Å²) < 4.78 is 5.31. The molecule has 2 aromatic carbocycles. The number of phenolic OH excluding ortho intramolecular Hbond substituents is 3. The van der Waals surface area contributed by atoms with Gasteiger partial charge in [-0.3, -0.25) is 24.0 Å². The molecule has 3 aromatic rings. The van der Waals surface area contributed by atoms with Gasteiger partial charge in [0.15, 0.2) is 23.1 Å². The number of carbonyl (C=O) groups is 4. The lowest BCUT2D eigenvalue weighted by atomic mass is 9.76. The maximum Gasteiger partial charge on any atom is 0.259 e. The first-order valence-corrected chi connectivity index (χ1v) is 13.9. The van der Waals surface area contributed by atoms with Gasteiger partial charge in [-0.25, -0.2) is 0 Å². The third kappa shape index (κ3) is 3.90. The topological polar surface area (TPSA) is 252 Å². The van der Waals surface area contributed by atoms with Gasteiger partial charge in [-0.1, -0.05) is 12.2 Å². The van der Waals surface area contributed by atoms with Gasteiger partial charge in [-0.15, -0.1) is 0 Å². The molecule has 0 saturated carbocycles. The zero-order valence-corrected chi connectivity index (χ0v) is 23.7. The lowest BCUT2D eigenvalue weighted by molar-refractivity contribution is -0.102. The maximum atomic E-state index is 14.1. The van der Waals surface area contributed by atoms with Gasteiger partial charge in [-0.2, -0.15) is 0 Å². The van der Waals surface area contributed by atoms with Crippen molar-refractivity contribution in [2.45, 2.75) is 56.2 Å². The molecule has 1 spiro atoms. The van der Waals surface area contributed by atoms with Gasteiger partial charge in [-0.05, 0) is 36.9 Å². The van der Waals surface area contributed by atoms with E-state index in [1.807, 2.05) is 0 Å². The molecule has 1 heterocycles. The number of carbonyl (C=O) groups excluding carboxylic acids is 4. The molecule has 3 aliphatic rings. The first kappa shape index (κ1) is 30.3. The summed E-state index contributed by atoms with van der Waals surface area (Å²) in [6, 6.07) is 2.50. The SMILES string of the molecule is CCOC1CC(=O)c2c(O)c3c(c(O)c2C1=O)C(=O)[C@@]1(C=Cc2cc4cc(C(O)C(O)C(O)C(C)O)[nH]c(=O)c4c(O)c21)C3=O. The molecule has 0 amide bonds. The monoisotopic (exact) mass is 621 g/mol. The number of H-pyrrole nitrogens is 1. The van der Waals surface area contributed by atoms with Crippen molar-refractivity contribution in [3.63, 3.8) is 0 Å². The standard InChI is InChI=1S/C31H27NO13/c1-3-45-14-8-13(34)16-17(23(14)37)25(39)19-18(24(16)38)28(42)31(29(19)43)5-4-10-6-11-7-12(22(36)27(41)21(35)9(2)33)32-30(44)15(11)26(40)20(10)31/h4-7,9,14,21-22,27,33,35-36,38-41H,3,8H2,1-2H3,(H,32,44)/t9?,14?,21?,22?,27?,31-/m1/s1. The number of aliphatic hydroxyl groups excluding tert-OH is 4. The van der Waals surface area contributed by atoms with Crippen LogP contribution in [0, 0.1) is 0 Å². The van der Waals surface area contributed by atoms with Crippen LogP contribution in [0.2, 0.25) is 0 Å². The lowest BCUT2D eigenvalue weighted by Crippen LogP contribution is -2.40. The summed E-state index contributed by atoms with van der Waals surface area (Å²) in [5.74, 6) is -6.69. The van der Waals surface area contributed by atoms with Gasteiger partial charge in [0, 0.05) is 18.6 Å². The van der Waals surface area contributed by atoms with Gasteiger partial charge in [0.05, 0.1) is 39.4 Å². The second kappa shape index (κ2) is 10.2. The van der Waals surface area contributed by atoms with Crippen LogP contribution in [0.5, 0.6) is 17.2 Å². The minimum atomic E-state index is -2.39. The minimum Gasteiger partial charge on any atom is -0.507 e. The molecular formula is C31H27NO13. The number of hydrogen-bond acceptors (Lipinski definition) is 13. The van der Waals surface area contributed by atoms with E-state index in [1.165, 1.54) is 25.1 Å². The van der Waals surface area contributed by atoms with Crippen LogP contribution >= 0.6 is 0 Å². The van der Waals surface area contributed by atoms with E-state index in [0.29, 0.717) is 0 Å². The maximum absolute atomic E-state index is 14.1. The number of ketones is 4. The smallest absolute Gasteiger partial charge is 0.259 e. The van der Waals surface area contributed by atoms with Crippen molar-refractivity contribution in [3.05, 3.63) is 67.6 Å². The Kier molecular flexibility index (Phi) is 6.84. The second-order valence-electron chi connectivity index (χ2n) is 11.3. The lowest BCUT2D eigenvalue weighted by Gasteiger charge is -2.25. The summed E-state index contributed by atoms with van der Waals surface area (Å²) in [7, 11) is 0. The fraction of sp³-hybridized carbons (Fsp3) is 0.323. The number of aliphatic hydroxyl groups is 4. The average Bonchev–Trinajstić information content (AvgIpc) is 3.48. The van der Waals surface area contributed by atoms with E-state index in [9.17, 15) is 59.7 Å². The van der Waals surface area contributed by atoms with Crippen molar-refractivity contribution < 1.29 is 59.7 Å². The summed E-state index contributed by atoms with van der Waals surface area (Å²) in [4.78, 5) is 69.7. The van der Waals surface area contributed by atoms with Crippen LogP contribution in [0.1, 0.15) is 84.6 Å². The van der Waals surface area contributed by atoms with E-state index in [1.54, 1.807) is 6.92 Å². The predicted octanol–water partition coefficient (Wildman–Crippen LogP) is 0.299. The third-order valence-corrected chi connectivity index (χ3v) is 8.73. The summed E-state index contributed by atoms with van der Waals surface area (Å²) in [5.41, 5.74) is -6.71. The number of phenols is 3. The van der Waals surface area contributed by atoms with Crippen LogP contribution < -0.4 is 5.56 Å². The average molecular weight is 622 g/mol. The largest absolute Gasteiger partial charge is 0.507 e. The van der Waals surface area contributed by atoms with Crippen molar-refractivity contribution in [1.82, 2.24) is 4.98 Å². The van der Waals surface area contributed by atoms with E-state index in [2.05, 4.69) is 4.98 Å².